The number of nitrogens with one attached hydrogen (secondary N) is 3. The second kappa shape index (κ2) is 8.39. The fourth-order valence-corrected chi connectivity index (χ4v) is 2.38. The van der Waals surface area contributed by atoms with Crippen molar-refractivity contribution in [2.24, 2.45) is 0 Å². The lowest BCUT2D eigenvalue weighted by Gasteiger charge is -2.12. The van der Waals surface area contributed by atoms with E-state index in [4.69, 9.17) is 12.2 Å². The summed E-state index contributed by atoms with van der Waals surface area (Å²) in [4.78, 5) is 24.2. The summed E-state index contributed by atoms with van der Waals surface area (Å²) >= 11 is 5.04. The van der Waals surface area contributed by atoms with Crippen LogP contribution in [0.2, 0.25) is 0 Å². The SMILES string of the molecule is Cc1ccccc1C(=O)NNC(=S)NC(=O)c1ccc(C(C)C)cc1. The van der Waals surface area contributed by atoms with Gasteiger partial charge in [-0.1, -0.05) is 44.2 Å². The maximum atomic E-state index is 12.2. The third-order valence-corrected chi connectivity index (χ3v) is 3.95. The van der Waals surface area contributed by atoms with Gasteiger partial charge in [0, 0.05) is 11.1 Å². The molecule has 0 aromatic heterocycles. The number of hydrogen-bond donors (Lipinski definition) is 3. The molecular formula is C19H21N3O2S. The Morgan fingerprint density at radius 1 is 0.920 bits per heavy atom. The van der Waals surface area contributed by atoms with Crippen LogP contribution in [0.5, 0.6) is 0 Å². The molecule has 0 aliphatic carbocycles. The maximum Gasteiger partial charge on any atom is 0.269 e. The summed E-state index contributed by atoms with van der Waals surface area (Å²) < 4.78 is 0. The molecule has 0 saturated carbocycles. The summed E-state index contributed by atoms with van der Waals surface area (Å²) in [5.74, 6) is -0.259. The van der Waals surface area contributed by atoms with E-state index >= 15 is 0 Å². The van der Waals surface area contributed by atoms with Crippen LogP contribution in [0.25, 0.3) is 0 Å². The zero-order valence-electron chi connectivity index (χ0n) is 14.4. The third-order valence-electron chi connectivity index (χ3n) is 3.75. The molecular weight excluding hydrogens is 334 g/mol. The quantitative estimate of drug-likeness (QED) is 0.585. The van der Waals surface area contributed by atoms with Crippen LogP contribution >= 0.6 is 12.2 Å². The zero-order chi connectivity index (χ0) is 18.4. The molecule has 2 amide bonds. The normalized spacial score (nSPS) is 10.2. The smallest absolute Gasteiger partial charge is 0.269 e. The molecule has 0 unspecified atom stereocenters. The van der Waals surface area contributed by atoms with Gasteiger partial charge in [0.2, 0.25) is 0 Å². The van der Waals surface area contributed by atoms with Crippen molar-refractivity contribution in [3.05, 3.63) is 70.8 Å². The minimum absolute atomic E-state index is 0.0277. The molecule has 0 saturated heterocycles. The molecule has 130 valence electrons. The number of hydrogen-bond acceptors (Lipinski definition) is 3. The predicted molar refractivity (Wildman–Crippen MR) is 102 cm³/mol. The highest BCUT2D eigenvalue weighted by atomic mass is 32.1. The Kier molecular flexibility index (Phi) is 6.25. The van der Waals surface area contributed by atoms with Crippen LogP contribution in [0.4, 0.5) is 0 Å². The number of carbonyl (C=O) groups is 2. The summed E-state index contributed by atoms with van der Waals surface area (Å²) in [6, 6.07) is 14.5. The van der Waals surface area contributed by atoms with E-state index in [9.17, 15) is 9.59 Å². The number of benzene rings is 2. The Labute approximate surface area is 152 Å². The molecule has 0 fully saturated rings. The minimum Gasteiger partial charge on any atom is -0.298 e. The van der Waals surface area contributed by atoms with Gasteiger partial charge in [0.15, 0.2) is 5.11 Å². The first-order valence-electron chi connectivity index (χ1n) is 7.95. The molecule has 0 spiro atoms. The van der Waals surface area contributed by atoms with E-state index in [-0.39, 0.29) is 16.9 Å². The first-order chi connectivity index (χ1) is 11.9. The molecule has 3 N–H and O–H groups in total. The highest BCUT2D eigenvalue weighted by Crippen LogP contribution is 2.14. The van der Waals surface area contributed by atoms with Crippen LogP contribution in [0.3, 0.4) is 0 Å². The Morgan fingerprint density at radius 2 is 1.56 bits per heavy atom. The molecule has 2 rings (SSSR count). The number of aryl methyl sites for hydroxylation is 1. The Balaban J connectivity index is 1.88. The average molecular weight is 355 g/mol. The average Bonchev–Trinajstić information content (AvgIpc) is 2.60. The first kappa shape index (κ1) is 18.6. The molecule has 0 radical (unpaired) electrons. The maximum absolute atomic E-state index is 12.2. The highest BCUT2D eigenvalue weighted by Gasteiger charge is 2.11. The van der Waals surface area contributed by atoms with E-state index in [1.807, 2.05) is 31.2 Å². The van der Waals surface area contributed by atoms with Gasteiger partial charge < -0.3 is 0 Å². The number of amides is 2. The van der Waals surface area contributed by atoms with Crippen molar-refractivity contribution >= 4 is 29.1 Å². The van der Waals surface area contributed by atoms with Gasteiger partial charge in [-0.25, -0.2) is 0 Å². The van der Waals surface area contributed by atoms with Crippen LogP contribution in [-0.4, -0.2) is 16.9 Å². The molecule has 0 atom stereocenters. The standard InChI is InChI=1S/C19H21N3O2S/c1-12(2)14-8-10-15(11-9-14)17(23)20-19(25)22-21-18(24)16-7-5-4-6-13(16)3/h4-12H,1-3H3,(H,21,24)(H2,20,22,23,25). The fourth-order valence-electron chi connectivity index (χ4n) is 2.23. The van der Waals surface area contributed by atoms with Crippen LogP contribution < -0.4 is 16.2 Å². The molecule has 2 aromatic carbocycles. The fraction of sp³-hybridized carbons (Fsp3) is 0.211. The number of hydrazine groups is 1. The van der Waals surface area contributed by atoms with Crippen LogP contribution in [0.1, 0.15) is 51.6 Å². The van der Waals surface area contributed by atoms with E-state index in [0.29, 0.717) is 17.0 Å². The lowest BCUT2D eigenvalue weighted by molar-refractivity contribution is 0.0934. The lowest BCUT2D eigenvalue weighted by Crippen LogP contribution is -2.48. The molecule has 0 bridgehead atoms. The van der Waals surface area contributed by atoms with Gasteiger partial charge in [0.1, 0.15) is 0 Å². The van der Waals surface area contributed by atoms with Gasteiger partial charge in [0.25, 0.3) is 11.8 Å². The van der Waals surface area contributed by atoms with E-state index in [0.717, 1.165) is 11.1 Å². The number of thiocarbonyl (C=S) groups is 1. The van der Waals surface area contributed by atoms with E-state index in [2.05, 4.69) is 30.0 Å². The Hall–Kier alpha value is -2.73. The molecule has 0 aliphatic rings. The van der Waals surface area contributed by atoms with Gasteiger partial charge in [-0.3, -0.25) is 25.8 Å². The van der Waals surface area contributed by atoms with Gasteiger partial charge in [-0.15, -0.1) is 0 Å². The van der Waals surface area contributed by atoms with Crippen molar-refractivity contribution < 1.29 is 9.59 Å². The first-order valence-corrected chi connectivity index (χ1v) is 8.36. The topological polar surface area (TPSA) is 70.2 Å². The van der Waals surface area contributed by atoms with Crippen molar-refractivity contribution in [1.29, 1.82) is 0 Å². The molecule has 25 heavy (non-hydrogen) atoms. The second-order valence-electron chi connectivity index (χ2n) is 5.95. The monoisotopic (exact) mass is 355 g/mol. The second-order valence-corrected chi connectivity index (χ2v) is 6.36. The molecule has 0 heterocycles. The molecule has 5 nitrogen and oxygen atoms in total. The van der Waals surface area contributed by atoms with Crippen LogP contribution in [-0.2, 0) is 0 Å². The van der Waals surface area contributed by atoms with E-state index in [1.54, 1.807) is 24.3 Å². The lowest BCUT2D eigenvalue weighted by atomic mass is 10.0. The van der Waals surface area contributed by atoms with Crippen molar-refractivity contribution in [3.63, 3.8) is 0 Å². The molecule has 2 aromatic rings. The van der Waals surface area contributed by atoms with Crippen LogP contribution in [0.15, 0.2) is 48.5 Å². The van der Waals surface area contributed by atoms with Gasteiger partial charge >= 0.3 is 0 Å². The Morgan fingerprint density at radius 3 is 2.16 bits per heavy atom. The van der Waals surface area contributed by atoms with E-state index in [1.165, 1.54) is 0 Å². The summed E-state index contributed by atoms with van der Waals surface area (Å²) in [6.45, 7) is 6.02. The largest absolute Gasteiger partial charge is 0.298 e. The van der Waals surface area contributed by atoms with Gasteiger partial charge in [-0.05, 0) is 54.4 Å². The predicted octanol–water partition coefficient (Wildman–Crippen LogP) is 3.07. The summed E-state index contributed by atoms with van der Waals surface area (Å²) in [5, 5.41) is 2.56. The van der Waals surface area contributed by atoms with Crippen molar-refractivity contribution in [1.82, 2.24) is 16.2 Å². The summed E-state index contributed by atoms with van der Waals surface area (Å²) in [6.07, 6.45) is 0. The molecule has 6 heteroatoms. The highest BCUT2D eigenvalue weighted by molar-refractivity contribution is 7.80. The third kappa shape index (κ3) is 5.12. The van der Waals surface area contributed by atoms with Crippen molar-refractivity contribution in [3.8, 4) is 0 Å². The summed E-state index contributed by atoms with van der Waals surface area (Å²) in [5.41, 5.74) is 8.05. The number of rotatable bonds is 3. The van der Waals surface area contributed by atoms with E-state index < -0.39 is 0 Å². The minimum atomic E-state index is -0.335. The Bertz CT molecular complexity index is 786. The van der Waals surface area contributed by atoms with Gasteiger partial charge in [-0.2, -0.15) is 0 Å². The van der Waals surface area contributed by atoms with Crippen molar-refractivity contribution in [2.75, 3.05) is 0 Å². The molecule has 0 aliphatic heterocycles. The van der Waals surface area contributed by atoms with Crippen molar-refractivity contribution in [2.45, 2.75) is 26.7 Å². The van der Waals surface area contributed by atoms with Crippen LogP contribution in [0, 0.1) is 6.92 Å². The van der Waals surface area contributed by atoms with Gasteiger partial charge in [0.05, 0.1) is 0 Å². The number of carbonyl (C=O) groups excluding carboxylic acids is 2. The summed E-state index contributed by atoms with van der Waals surface area (Å²) in [7, 11) is 0. The zero-order valence-corrected chi connectivity index (χ0v) is 15.2.